The van der Waals surface area contributed by atoms with Crippen LogP contribution in [0.15, 0.2) is 24.3 Å². The predicted octanol–water partition coefficient (Wildman–Crippen LogP) is 4.36. The fourth-order valence-electron chi connectivity index (χ4n) is 3.50. The Hall–Kier alpha value is -1.51. The number of ether oxygens (including phenoxy) is 1. The van der Waals surface area contributed by atoms with E-state index < -0.39 is 0 Å². The zero-order valence-electron chi connectivity index (χ0n) is 12.2. The van der Waals surface area contributed by atoms with Crippen LogP contribution in [-0.2, 0) is 6.54 Å². The molecule has 3 heteroatoms. The molecule has 0 radical (unpaired) electrons. The van der Waals surface area contributed by atoms with Gasteiger partial charge in [-0.1, -0.05) is 50.3 Å². The summed E-state index contributed by atoms with van der Waals surface area (Å²) in [4.78, 5) is 14.0. The average molecular weight is 273 g/mol. The number of para-hydroxylation sites is 1. The molecule has 1 heterocycles. The van der Waals surface area contributed by atoms with Crippen molar-refractivity contribution in [2.75, 3.05) is 0 Å². The summed E-state index contributed by atoms with van der Waals surface area (Å²) < 4.78 is 5.44. The van der Waals surface area contributed by atoms with E-state index in [9.17, 15) is 4.79 Å². The molecule has 1 aliphatic heterocycles. The van der Waals surface area contributed by atoms with Gasteiger partial charge in [0, 0.05) is 11.6 Å². The van der Waals surface area contributed by atoms with Gasteiger partial charge in [-0.05, 0) is 25.3 Å². The molecule has 1 aromatic rings. The van der Waals surface area contributed by atoms with Crippen LogP contribution in [0.25, 0.3) is 0 Å². The zero-order valence-corrected chi connectivity index (χ0v) is 12.2. The van der Waals surface area contributed by atoms with Gasteiger partial charge in [-0.2, -0.15) is 0 Å². The van der Waals surface area contributed by atoms with E-state index in [0.717, 1.165) is 23.7 Å². The van der Waals surface area contributed by atoms with Crippen molar-refractivity contribution in [3.63, 3.8) is 0 Å². The molecule has 2 aliphatic rings. The second-order valence-corrected chi connectivity index (χ2v) is 6.19. The van der Waals surface area contributed by atoms with Gasteiger partial charge < -0.3 is 9.64 Å². The first-order valence-electron chi connectivity index (χ1n) is 7.80. The minimum atomic E-state index is -0.188. The van der Waals surface area contributed by atoms with Crippen LogP contribution >= 0.6 is 0 Å². The number of hydrogen-bond acceptors (Lipinski definition) is 2. The quantitative estimate of drug-likeness (QED) is 0.819. The maximum absolute atomic E-state index is 12.1. The van der Waals surface area contributed by atoms with E-state index >= 15 is 0 Å². The third-order valence-electron chi connectivity index (χ3n) is 4.68. The van der Waals surface area contributed by atoms with Gasteiger partial charge in [-0.25, -0.2) is 4.79 Å². The van der Waals surface area contributed by atoms with Crippen LogP contribution in [0.1, 0.15) is 51.0 Å². The fraction of sp³-hybridized carbons (Fsp3) is 0.588. The van der Waals surface area contributed by atoms with E-state index in [4.69, 9.17) is 4.74 Å². The summed E-state index contributed by atoms with van der Waals surface area (Å²) in [5, 5.41) is 0. The van der Waals surface area contributed by atoms with Crippen molar-refractivity contribution < 1.29 is 9.53 Å². The van der Waals surface area contributed by atoms with Crippen molar-refractivity contribution in [1.29, 1.82) is 0 Å². The molecule has 1 aromatic carbocycles. The van der Waals surface area contributed by atoms with Crippen LogP contribution in [0.3, 0.4) is 0 Å². The van der Waals surface area contributed by atoms with Crippen molar-refractivity contribution in [2.45, 2.75) is 58.0 Å². The Kier molecular flexibility index (Phi) is 3.95. The summed E-state index contributed by atoms with van der Waals surface area (Å²) in [6.45, 7) is 2.84. The summed E-state index contributed by atoms with van der Waals surface area (Å²) in [7, 11) is 0. The number of nitrogens with zero attached hydrogens (tertiary/aromatic N) is 1. The van der Waals surface area contributed by atoms with E-state index in [2.05, 4.69) is 6.92 Å². The minimum Gasteiger partial charge on any atom is -0.410 e. The number of benzene rings is 1. The van der Waals surface area contributed by atoms with Gasteiger partial charge in [-0.15, -0.1) is 0 Å². The van der Waals surface area contributed by atoms with Crippen LogP contribution in [0, 0.1) is 5.92 Å². The highest BCUT2D eigenvalue weighted by Crippen LogP contribution is 2.31. The van der Waals surface area contributed by atoms with E-state index in [1.807, 2.05) is 29.2 Å². The molecule has 3 nitrogen and oxygen atoms in total. The van der Waals surface area contributed by atoms with Crippen molar-refractivity contribution in [3.8, 4) is 5.75 Å². The van der Waals surface area contributed by atoms with E-state index in [1.165, 1.54) is 32.1 Å². The molecule has 1 amide bonds. The second-order valence-electron chi connectivity index (χ2n) is 6.19. The number of hydrogen-bond donors (Lipinski definition) is 0. The lowest BCUT2D eigenvalue weighted by Crippen LogP contribution is -2.43. The van der Waals surface area contributed by atoms with E-state index in [1.54, 1.807) is 0 Å². The van der Waals surface area contributed by atoms with Crippen LogP contribution in [-0.4, -0.2) is 17.0 Å². The lowest BCUT2D eigenvalue weighted by Gasteiger charge is -2.35. The molecule has 0 spiro atoms. The molecule has 1 saturated carbocycles. The molecule has 108 valence electrons. The molecule has 0 aromatic heterocycles. The lowest BCUT2D eigenvalue weighted by atomic mass is 9.85. The fourth-order valence-corrected chi connectivity index (χ4v) is 3.50. The summed E-state index contributed by atoms with van der Waals surface area (Å²) in [5.74, 6) is 1.50. The van der Waals surface area contributed by atoms with Crippen LogP contribution < -0.4 is 4.74 Å². The highest BCUT2D eigenvalue weighted by Gasteiger charge is 2.30. The monoisotopic (exact) mass is 273 g/mol. The molecule has 20 heavy (non-hydrogen) atoms. The predicted molar refractivity (Wildman–Crippen MR) is 78.7 cm³/mol. The van der Waals surface area contributed by atoms with Gasteiger partial charge in [-0.3, -0.25) is 0 Å². The molecular formula is C17H23NO2. The van der Waals surface area contributed by atoms with Gasteiger partial charge in [0.1, 0.15) is 5.75 Å². The maximum Gasteiger partial charge on any atom is 0.415 e. The first-order valence-corrected chi connectivity index (χ1v) is 7.80. The number of carbonyl (C=O) groups excluding carboxylic acids is 1. The summed E-state index contributed by atoms with van der Waals surface area (Å²) in [6.07, 6.45) is 7.65. The standard InChI is InChI=1S/C17H23NO2/c1-13(11-14-7-3-2-4-8-14)18-12-15-9-5-6-10-16(15)20-17(18)19/h5-6,9-10,13-14H,2-4,7-8,11-12H2,1H3. The Balaban J connectivity index is 1.66. The molecule has 0 bridgehead atoms. The molecule has 1 atom stereocenters. The first-order chi connectivity index (χ1) is 9.74. The van der Waals surface area contributed by atoms with Crippen molar-refractivity contribution >= 4 is 6.09 Å². The van der Waals surface area contributed by atoms with Crippen LogP contribution in [0.4, 0.5) is 4.79 Å². The second kappa shape index (κ2) is 5.86. The van der Waals surface area contributed by atoms with Crippen molar-refractivity contribution in [1.82, 2.24) is 4.90 Å². The van der Waals surface area contributed by atoms with Crippen molar-refractivity contribution in [3.05, 3.63) is 29.8 Å². The first kappa shape index (κ1) is 13.5. The molecule has 1 fully saturated rings. The van der Waals surface area contributed by atoms with Gasteiger partial charge >= 0.3 is 6.09 Å². The third kappa shape index (κ3) is 2.82. The van der Waals surface area contributed by atoms with E-state index in [0.29, 0.717) is 6.54 Å². The van der Waals surface area contributed by atoms with Crippen LogP contribution in [0.5, 0.6) is 5.75 Å². The molecule has 3 rings (SSSR count). The van der Waals surface area contributed by atoms with E-state index in [-0.39, 0.29) is 12.1 Å². The Bertz CT molecular complexity index is 480. The Morgan fingerprint density at radius 2 is 2.00 bits per heavy atom. The molecule has 1 aliphatic carbocycles. The zero-order chi connectivity index (χ0) is 13.9. The van der Waals surface area contributed by atoms with Crippen LogP contribution in [0.2, 0.25) is 0 Å². The lowest BCUT2D eigenvalue weighted by molar-refractivity contribution is 0.108. The number of rotatable bonds is 3. The summed E-state index contributed by atoms with van der Waals surface area (Å²) in [5.41, 5.74) is 1.11. The maximum atomic E-state index is 12.1. The Morgan fingerprint density at radius 3 is 2.80 bits per heavy atom. The summed E-state index contributed by atoms with van der Waals surface area (Å²) in [6, 6.07) is 8.09. The van der Waals surface area contributed by atoms with Gasteiger partial charge in [0.15, 0.2) is 0 Å². The number of amides is 1. The largest absolute Gasteiger partial charge is 0.415 e. The smallest absolute Gasteiger partial charge is 0.410 e. The van der Waals surface area contributed by atoms with Gasteiger partial charge in [0.25, 0.3) is 0 Å². The van der Waals surface area contributed by atoms with Gasteiger partial charge in [0.05, 0.1) is 6.54 Å². The summed E-state index contributed by atoms with van der Waals surface area (Å²) >= 11 is 0. The molecular weight excluding hydrogens is 250 g/mol. The Labute approximate surface area is 120 Å². The minimum absolute atomic E-state index is 0.188. The third-order valence-corrected chi connectivity index (χ3v) is 4.68. The highest BCUT2D eigenvalue weighted by atomic mass is 16.6. The number of fused-ring (bicyclic) bond motifs is 1. The highest BCUT2D eigenvalue weighted by molar-refractivity contribution is 5.73. The topological polar surface area (TPSA) is 29.5 Å². The Morgan fingerprint density at radius 1 is 1.25 bits per heavy atom. The normalized spacial score (nSPS) is 21.2. The SMILES string of the molecule is CC(CC1CCCCC1)N1Cc2ccccc2OC1=O. The molecule has 0 N–H and O–H groups in total. The average Bonchev–Trinajstić information content (AvgIpc) is 2.47. The molecule has 1 unspecified atom stereocenters. The number of carbonyl (C=O) groups is 1. The van der Waals surface area contributed by atoms with Crippen molar-refractivity contribution in [2.24, 2.45) is 5.92 Å². The molecule has 0 saturated heterocycles. The van der Waals surface area contributed by atoms with Gasteiger partial charge in [0.2, 0.25) is 0 Å².